The summed E-state index contributed by atoms with van der Waals surface area (Å²) in [6.07, 6.45) is 2.01. The van der Waals surface area contributed by atoms with E-state index in [1.54, 1.807) is 12.0 Å². The van der Waals surface area contributed by atoms with Gasteiger partial charge in [0.2, 0.25) is 5.91 Å². The number of hydrogen-bond donors (Lipinski definition) is 0. The second-order valence-corrected chi connectivity index (χ2v) is 6.23. The first kappa shape index (κ1) is 15.3. The van der Waals surface area contributed by atoms with Crippen molar-refractivity contribution in [1.82, 2.24) is 9.80 Å². The van der Waals surface area contributed by atoms with Gasteiger partial charge in [0.1, 0.15) is 5.75 Å². The Bertz CT molecular complexity index is 491. The molecule has 110 valence electrons. The van der Waals surface area contributed by atoms with Crippen molar-refractivity contribution in [2.45, 2.75) is 25.4 Å². The molecule has 0 bridgehead atoms. The Morgan fingerprint density at radius 1 is 1.50 bits per heavy atom. The normalized spacial score (nSPS) is 19.1. The van der Waals surface area contributed by atoms with Crippen molar-refractivity contribution in [1.29, 1.82) is 0 Å². The number of carbonyl (C=O) groups excluding carboxylic acids is 1. The molecule has 20 heavy (non-hydrogen) atoms. The van der Waals surface area contributed by atoms with Crippen LogP contribution in [-0.2, 0) is 11.3 Å². The quantitative estimate of drug-likeness (QED) is 0.844. The molecule has 4 nitrogen and oxygen atoms in total. The topological polar surface area (TPSA) is 32.8 Å². The molecule has 1 saturated heterocycles. The van der Waals surface area contributed by atoms with Gasteiger partial charge in [0.05, 0.1) is 13.2 Å². The number of ether oxygens (including phenoxy) is 1. The van der Waals surface area contributed by atoms with Crippen LogP contribution < -0.4 is 4.74 Å². The molecule has 1 aliphatic heterocycles. The lowest BCUT2D eigenvalue weighted by molar-refractivity contribution is -0.133. The number of likely N-dealkylation sites (N-methyl/N-ethyl adjacent to an activating group) is 1. The van der Waals surface area contributed by atoms with Crippen molar-refractivity contribution in [3.63, 3.8) is 0 Å². The number of rotatable bonds is 4. The molecule has 0 aromatic heterocycles. The third kappa shape index (κ3) is 3.33. The van der Waals surface area contributed by atoms with E-state index in [-0.39, 0.29) is 11.9 Å². The van der Waals surface area contributed by atoms with Crippen LogP contribution in [0.4, 0.5) is 0 Å². The van der Waals surface area contributed by atoms with Crippen molar-refractivity contribution < 1.29 is 9.53 Å². The Balaban J connectivity index is 2.16. The summed E-state index contributed by atoms with van der Waals surface area (Å²) in [5.41, 5.74) is 1.11. The van der Waals surface area contributed by atoms with Crippen LogP contribution in [-0.4, -0.2) is 49.5 Å². The Morgan fingerprint density at radius 2 is 2.25 bits per heavy atom. The first-order chi connectivity index (χ1) is 9.52. The first-order valence-electron chi connectivity index (χ1n) is 6.80. The summed E-state index contributed by atoms with van der Waals surface area (Å²) in [7, 11) is 5.32. The Kier molecular flexibility index (Phi) is 5.05. The van der Waals surface area contributed by atoms with Crippen LogP contribution in [0.3, 0.4) is 0 Å². The molecule has 0 saturated carbocycles. The smallest absolute Gasteiger partial charge is 0.239 e. The second-order valence-electron chi connectivity index (χ2n) is 5.32. The molecule has 1 aliphatic rings. The highest BCUT2D eigenvalue weighted by Gasteiger charge is 2.31. The zero-order valence-corrected chi connectivity index (χ0v) is 13.8. The van der Waals surface area contributed by atoms with E-state index in [9.17, 15) is 4.79 Å². The number of nitrogens with zero attached hydrogens (tertiary/aromatic N) is 2. The minimum atomic E-state index is -0.00584. The SMILES string of the molecule is COc1ccc(Br)cc1CN1CCCC1C(=O)N(C)C. The van der Waals surface area contributed by atoms with Gasteiger partial charge in [-0.05, 0) is 37.6 Å². The van der Waals surface area contributed by atoms with Gasteiger partial charge >= 0.3 is 0 Å². The number of carbonyl (C=O) groups is 1. The van der Waals surface area contributed by atoms with Crippen molar-refractivity contribution in [2.24, 2.45) is 0 Å². The zero-order chi connectivity index (χ0) is 14.7. The van der Waals surface area contributed by atoms with Gasteiger partial charge in [-0.2, -0.15) is 0 Å². The van der Waals surface area contributed by atoms with Crippen molar-refractivity contribution >= 4 is 21.8 Å². The molecule has 2 rings (SSSR count). The standard InChI is InChI=1S/C15H21BrN2O2/c1-17(2)15(19)13-5-4-8-18(13)10-11-9-12(16)6-7-14(11)20-3/h6-7,9,13H,4-5,8,10H2,1-3H3. The minimum Gasteiger partial charge on any atom is -0.496 e. The second kappa shape index (κ2) is 6.59. The Hall–Kier alpha value is -1.07. The molecule has 1 unspecified atom stereocenters. The third-order valence-corrected chi connectivity index (χ3v) is 4.20. The molecule has 0 aliphatic carbocycles. The molecule has 1 amide bonds. The highest BCUT2D eigenvalue weighted by atomic mass is 79.9. The fourth-order valence-electron chi connectivity index (χ4n) is 2.68. The van der Waals surface area contributed by atoms with E-state index in [1.165, 1.54) is 0 Å². The zero-order valence-electron chi connectivity index (χ0n) is 12.2. The summed E-state index contributed by atoms with van der Waals surface area (Å²) in [5.74, 6) is 1.06. The Labute approximate surface area is 128 Å². The van der Waals surface area contributed by atoms with E-state index < -0.39 is 0 Å². The van der Waals surface area contributed by atoms with Crippen molar-refractivity contribution in [3.05, 3.63) is 28.2 Å². The van der Waals surface area contributed by atoms with E-state index in [4.69, 9.17) is 4.74 Å². The largest absolute Gasteiger partial charge is 0.496 e. The van der Waals surface area contributed by atoms with Crippen LogP contribution in [0.15, 0.2) is 22.7 Å². The van der Waals surface area contributed by atoms with Crippen LogP contribution in [0.25, 0.3) is 0 Å². The average Bonchev–Trinajstić information content (AvgIpc) is 2.86. The van der Waals surface area contributed by atoms with Gasteiger partial charge in [0, 0.05) is 30.7 Å². The van der Waals surface area contributed by atoms with Crippen LogP contribution in [0.1, 0.15) is 18.4 Å². The number of halogens is 1. The molecule has 0 radical (unpaired) electrons. The minimum absolute atomic E-state index is 0.00584. The predicted molar refractivity (Wildman–Crippen MR) is 82.8 cm³/mol. The van der Waals surface area contributed by atoms with Crippen molar-refractivity contribution in [2.75, 3.05) is 27.7 Å². The van der Waals surface area contributed by atoms with Gasteiger partial charge in [-0.1, -0.05) is 15.9 Å². The number of hydrogen-bond acceptors (Lipinski definition) is 3. The van der Waals surface area contributed by atoms with E-state index in [1.807, 2.05) is 26.2 Å². The maximum absolute atomic E-state index is 12.2. The van der Waals surface area contributed by atoms with Gasteiger partial charge in [0.15, 0.2) is 0 Å². The van der Waals surface area contributed by atoms with E-state index in [0.717, 1.165) is 41.7 Å². The first-order valence-corrected chi connectivity index (χ1v) is 7.60. The lowest BCUT2D eigenvalue weighted by atomic mass is 10.1. The Morgan fingerprint density at radius 3 is 2.90 bits per heavy atom. The maximum Gasteiger partial charge on any atom is 0.239 e. The summed E-state index contributed by atoms with van der Waals surface area (Å²) >= 11 is 3.49. The summed E-state index contributed by atoms with van der Waals surface area (Å²) in [5, 5.41) is 0. The molecule has 0 spiro atoms. The molecule has 1 fully saturated rings. The number of amides is 1. The monoisotopic (exact) mass is 340 g/mol. The fourth-order valence-corrected chi connectivity index (χ4v) is 3.09. The van der Waals surface area contributed by atoms with Crippen LogP contribution in [0, 0.1) is 0 Å². The molecule has 1 aromatic carbocycles. The summed E-state index contributed by atoms with van der Waals surface area (Å²) < 4.78 is 6.44. The molecule has 0 N–H and O–H groups in total. The molecule has 5 heteroatoms. The van der Waals surface area contributed by atoms with Crippen LogP contribution in [0.2, 0.25) is 0 Å². The van der Waals surface area contributed by atoms with Crippen molar-refractivity contribution in [3.8, 4) is 5.75 Å². The number of methoxy groups -OCH3 is 1. The maximum atomic E-state index is 12.2. The van der Waals surface area contributed by atoms with Gasteiger partial charge in [-0.15, -0.1) is 0 Å². The summed E-state index contributed by atoms with van der Waals surface area (Å²) in [4.78, 5) is 16.1. The van der Waals surface area contributed by atoms with Gasteiger partial charge in [-0.25, -0.2) is 0 Å². The number of benzene rings is 1. The lowest BCUT2D eigenvalue weighted by Gasteiger charge is -2.26. The number of likely N-dealkylation sites (tertiary alicyclic amines) is 1. The summed E-state index contributed by atoms with van der Waals surface area (Å²) in [6.45, 7) is 1.70. The summed E-state index contributed by atoms with van der Waals surface area (Å²) in [6, 6.07) is 5.98. The predicted octanol–water partition coefficient (Wildman–Crippen LogP) is 2.51. The third-order valence-electron chi connectivity index (χ3n) is 3.71. The van der Waals surface area contributed by atoms with E-state index >= 15 is 0 Å². The molecular weight excluding hydrogens is 320 g/mol. The van der Waals surface area contributed by atoms with E-state index in [2.05, 4.69) is 26.9 Å². The lowest BCUT2D eigenvalue weighted by Crippen LogP contribution is -2.42. The fraction of sp³-hybridized carbons (Fsp3) is 0.533. The highest BCUT2D eigenvalue weighted by molar-refractivity contribution is 9.10. The molecule has 1 atom stereocenters. The highest BCUT2D eigenvalue weighted by Crippen LogP contribution is 2.28. The average molecular weight is 341 g/mol. The van der Waals surface area contributed by atoms with Gasteiger partial charge in [0.25, 0.3) is 0 Å². The van der Waals surface area contributed by atoms with Crippen LogP contribution >= 0.6 is 15.9 Å². The van der Waals surface area contributed by atoms with Gasteiger partial charge < -0.3 is 9.64 Å². The van der Waals surface area contributed by atoms with Crippen LogP contribution in [0.5, 0.6) is 5.75 Å². The molecule has 1 aromatic rings. The van der Waals surface area contributed by atoms with Gasteiger partial charge in [-0.3, -0.25) is 9.69 Å². The molecule has 1 heterocycles. The van der Waals surface area contributed by atoms with E-state index in [0.29, 0.717) is 0 Å². The molecular formula is C15H21BrN2O2.